The van der Waals surface area contributed by atoms with Crippen LogP contribution in [0.2, 0.25) is 0 Å². The van der Waals surface area contributed by atoms with Crippen LogP contribution in [0.3, 0.4) is 0 Å². The van der Waals surface area contributed by atoms with E-state index in [0.717, 1.165) is 35.5 Å². The van der Waals surface area contributed by atoms with Crippen LogP contribution >= 0.6 is 0 Å². The van der Waals surface area contributed by atoms with Gasteiger partial charge in [0, 0.05) is 30.2 Å². The Hall–Kier alpha value is -3.37. The minimum atomic E-state index is -0.401. The maximum atomic E-state index is 12.5. The number of amides is 1. The monoisotopic (exact) mass is 421 g/mol. The fourth-order valence-electron chi connectivity index (χ4n) is 3.70. The van der Waals surface area contributed by atoms with Crippen LogP contribution in [-0.4, -0.2) is 42.3 Å². The smallest absolute Gasteiger partial charge is 0.338 e. The predicted molar refractivity (Wildman–Crippen MR) is 117 cm³/mol. The first-order chi connectivity index (χ1) is 14.9. The molecule has 1 fully saturated rings. The van der Waals surface area contributed by atoms with Gasteiger partial charge in [-0.15, -0.1) is 0 Å². The molecule has 0 bridgehead atoms. The maximum absolute atomic E-state index is 12.5. The lowest BCUT2D eigenvalue weighted by molar-refractivity contribution is -0.117. The van der Waals surface area contributed by atoms with Crippen molar-refractivity contribution in [1.29, 1.82) is 5.26 Å². The summed E-state index contributed by atoms with van der Waals surface area (Å²) in [5.74, 6) is -0.757. The van der Waals surface area contributed by atoms with Crippen LogP contribution in [0.4, 0.5) is 0 Å². The van der Waals surface area contributed by atoms with E-state index in [0.29, 0.717) is 25.3 Å². The Morgan fingerprint density at radius 1 is 1.32 bits per heavy atom. The summed E-state index contributed by atoms with van der Waals surface area (Å²) in [5, 5.41) is 12.3. The number of rotatable bonds is 7. The van der Waals surface area contributed by atoms with E-state index in [4.69, 9.17) is 9.47 Å². The number of nitriles is 1. The number of aryl methyl sites for hydroxylation is 1. The van der Waals surface area contributed by atoms with Crippen molar-refractivity contribution in [2.75, 3.05) is 19.8 Å². The van der Waals surface area contributed by atoms with Gasteiger partial charge in [0.2, 0.25) is 0 Å². The molecule has 162 valence electrons. The van der Waals surface area contributed by atoms with E-state index in [9.17, 15) is 14.9 Å². The van der Waals surface area contributed by atoms with Crippen molar-refractivity contribution in [3.63, 3.8) is 0 Å². The van der Waals surface area contributed by atoms with E-state index in [1.165, 1.54) is 0 Å². The van der Waals surface area contributed by atoms with Gasteiger partial charge in [-0.25, -0.2) is 4.79 Å². The summed E-state index contributed by atoms with van der Waals surface area (Å²) in [4.78, 5) is 24.3. The summed E-state index contributed by atoms with van der Waals surface area (Å²) in [6.45, 7) is 7.10. The van der Waals surface area contributed by atoms with Gasteiger partial charge in [0.05, 0.1) is 18.3 Å². The molecule has 7 nitrogen and oxygen atoms in total. The normalized spacial score (nSPS) is 16.1. The first-order valence-electron chi connectivity index (χ1n) is 10.4. The molecule has 1 amide bonds. The highest BCUT2D eigenvalue weighted by Gasteiger charge is 2.18. The zero-order chi connectivity index (χ0) is 22.4. The molecule has 1 N–H and O–H groups in total. The fourth-order valence-corrected chi connectivity index (χ4v) is 3.70. The van der Waals surface area contributed by atoms with Gasteiger partial charge in [0.1, 0.15) is 11.6 Å². The molecule has 1 aliphatic rings. The minimum absolute atomic E-state index is 0.0199. The third-order valence-electron chi connectivity index (χ3n) is 5.29. The van der Waals surface area contributed by atoms with E-state index in [1.54, 1.807) is 25.1 Å². The molecule has 31 heavy (non-hydrogen) atoms. The highest BCUT2D eigenvalue weighted by Crippen LogP contribution is 2.23. The second-order valence-corrected chi connectivity index (χ2v) is 7.44. The first-order valence-corrected chi connectivity index (χ1v) is 10.4. The Labute approximate surface area is 182 Å². The first kappa shape index (κ1) is 22.3. The molecule has 0 unspecified atom stereocenters. The lowest BCUT2D eigenvalue weighted by atomic mass is 10.1. The highest BCUT2D eigenvalue weighted by atomic mass is 16.5. The largest absolute Gasteiger partial charge is 0.462 e. The lowest BCUT2D eigenvalue weighted by Crippen LogP contribution is -2.32. The number of hydrogen-bond acceptors (Lipinski definition) is 5. The molecule has 1 aliphatic heterocycles. The standard InChI is InChI=1S/C24H27N3O4/c1-4-30-24(29)18-7-9-21(10-8-18)27-16(2)12-19(17(27)3)13-20(14-25)23(28)26-15-22-6-5-11-31-22/h7-10,12-13,22H,4-6,11,15H2,1-3H3,(H,26,28)/b20-13-/t22-/m0/s1. The molecule has 1 aromatic heterocycles. The van der Waals surface area contributed by atoms with Crippen molar-refractivity contribution >= 4 is 18.0 Å². The van der Waals surface area contributed by atoms with Crippen molar-refractivity contribution in [3.8, 4) is 11.8 Å². The van der Waals surface area contributed by atoms with Crippen molar-refractivity contribution in [1.82, 2.24) is 9.88 Å². The number of benzene rings is 1. The van der Waals surface area contributed by atoms with E-state index < -0.39 is 5.91 Å². The van der Waals surface area contributed by atoms with E-state index in [2.05, 4.69) is 5.32 Å². The average Bonchev–Trinajstić information content (AvgIpc) is 3.38. The topological polar surface area (TPSA) is 93.4 Å². The summed E-state index contributed by atoms with van der Waals surface area (Å²) in [7, 11) is 0. The van der Waals surface area contributed by atoms with E-state index in [-0.39, 0.29) is 17.6 Å². The molecule has 0 aliphatic carbocycles. The fraction of sp³-hybridized carbons (Fsp3) is 0.375. The molecular weight excluding hydrogens is 394 g/mol. The maximum Gasteiger partial charge on any atom is 0.338 e. The molecule has 7 heteroatoms. The third-order valence-corrected chi connectivity index (χ3v) is 5.29. The molecule has 0 radical (unpaired) electrons. The zero-order valence-electron chi connectivity index (χ0n) is 18.1. The molecular formula is C24H27N3O4. The molecule has 1 aromatic carbocycles. The Balaban J connectivity index is 1.80. The number of nitrogens with zero attached hydrogens (tertiary/aromatic N) is 2. The Morgan fingerprint density at radius 3 is 2.68 bits per heavy atom. The van der Waals surface area contributed by atoms with Gasteiger partial charge < -0.3 is 19.4 Å². The Bertz CT molecular complexity index is 1020. The van der Waals surface area contributed by atoms with Gasteiger partial charge in [-0.2, -0.15) is 5.26 Å². The molecule has 2 heterocycles. The third kappa shape index (κ3) is 5.22. The number of hydrogen-bond donors (Lipinski definition) is 1. The van der Waals surface area contributed by atoms with Gasteiger partial charge in [0.25, 0.3) is 5.91 Å². The van der Waals surface area contributed by atoms with Gasteiger partial charge in [-0.05, 0) is 75.6 Å². The summed E-state index contributed by atoms with van der Waals surface area (Å²) < 4.78 is 12.5. The van der Waals surface area contributed by atoms with Crippen molar-refractivity contribution in [3.05, 3.63) is 58.4 Å². The van der Waals surface area contributed by atoms with Gasteiger partial charge in [0.15, 0.2) is 0 Å². The minimum Gasteiger partial charge on any atom is -0.462 e. The number of carbonyl (C=O) groups excluding carboxylic acids is 2. The quantitative estimate of drug-likeness (QED) is 0.420. The lowest BCUT2D eigenvalue weighted by Gasteiger charge is -2.11. The van der Waals surface area contributed by atoms with Crippen molar-refractivity contribution < 1.29 is 19.1 Å². The summed E-state index contributed by atoms with van der Waals surface area (Å²) in [6.07, 6.45) is 3.54. The highest BCUT2D eigenvalue weighted by molar-refractivity contribution is 6.01. The number of esters is 1. The number of ether oxygens (including phenoxy) is 2. The van der Waals surface area contributed by atoms with Crippen LogP contribution in [0.5, 0.6) is 0 Å². The van der Waals surface area contributed by atoms with Crippen LogP contribution in [-0.2, 0) is 14.3 Å². The summed E-state index contributed by atoms with van der Waals surface area (Å²) >= 11 is 0. The summed E-state index contributed by atoms with van der Waals surface area (Å²) in [6, 6.07) is 11.1. The van der Waals surface area contributed by atoms with Crippen LogP contribution in [0.15, 0.2) is 35.9 Å². The molecule has 1 atom stereocenters. The molecule has 0 spiro atoms. The van der Waals surface area contributed by atoms with Crippen LogP contribution in [0.1, 0.15) is 47.1 Å². The van der Waals surface area contributed by atoms with Gasteiger partial charge in [-0.3, -0.25) is 4.79 Å². The number of nitrogens with one attached hydrogen (secondary N) is 1. The van der Waals surface area contributed by atoms with E-state index >= 15 is 0 Å². The van der Waals surface area contributed by atoms with E-state index in [1.807, 2.05) is 42.7 Å². The number of aromatic nitrogens is 1. The number of carbonyl (C=O) groups is 2. The second-order valence-electron chi connectivity index (χ2n) is 7.44. The summed E-state index contributed by atoms with van der Waals surface area (Å²) in [5.41, 5.74) is 4.05. The zero-order valence-corrected chi connectivity index (χ0v) is 18.1. The second kappa shape index (κ2) is 10.1. The molecule has 1 saturated heterocycles. The van der Waals surface area contributed by atoms with Crippen LogP contribution < -0.4 is 5.32 Å². The Morgan fingerprint density at radius 2 is 2.06 bits per heavy atom. The van der Waals surface area contributed by atoms with Crippen molar-refractivity contribution in [2.24, 2.45) is 0 Å². The molecule has 2 aromatic rings. The molecule has 3 rings (SSSR count). The average molecular weight is 421 g/mol. The van der Waals surface area contributed by atoms with Gasteiger partial charge >= 0.3 is 5.97 Å². The van der Waals surface area contributed by atoms with Gasteiger partial charge in [-0.1, -0.05) is 0 Å². The predicted octanol–water partition coefficient (Wildman–Crippen LogP) is 3.47. The molecule has 0 saturated carbocycles. The van der Waals surface area contributed by atoms with Crippen LogP contribution in [0, 0.1) is 25.2 Å². The van der Waals surface area contributed by atoms with Crippen molar-refractivity contribution in [2.45, 2.75) is 39.7 Å². The van der Waals surface area contributed by atoms with Crippen LogP contribution in [0.25, 0.3) is 11.8 Å². The SMILES string of the molecule is CCOC(=O)c1ccc(-n2c(C)cc(/C=C(/C#N)C(=O)NC[C@@H]3CCCO3)c2C)cc1. The Kier molecular flexibility index (Phi) is 7.27.